The van der Waals surface area contributed by atoms with Crippen molar-refractivity contribution in [3.05, 3.63) is 47.6 Å². The molecule has 0 saturated carbocycles. The zero-order chi connectivity index (χ0) is 16.8. The number of halogens is 1. The lowest BCUT2D eigenvalue weighted by molar-refractivity contribution is 0.251. The van der Waals surface area contributed by atoms with Crippen LogP contribution in [-0.4, -0.2) is 42.0 Å². The van der Waals surface area contributed by atoms with E-state index in [-0.39, 0.29) is 0 Å². The van der Waals surface area contributed by atoms with E-state index in [1.165, 1.54) is 0 Å². The van der Waals surface area contributed by atoms with Crippen LogP contribution in [0.1, 0.15) is 19.8 Å². The molecular weight excluding hydrogens is 324 g/mol. The number of hydrogen-bond donors (Lipinski definition) is 1. The maximum Gasteiger partial charge on any atom is 0.151 e. The Bertz CT molecular complexity index is 615. The van der Waals surface area contributed by atoms with Crippen LogP contribution in [0.4, 0.5) is 5.82 Å². The number of hydrogen-bond acceptors (Lipinski definition) is 5. The van der Waals surface area contributed by atoms with Crippen LogP contribution >= 0.6 is 11.6 Å². The molecule has 0 bridgehead atoms. The molecule has 1 atom stereocenters. The van der Waals surface area contributed by atoms with E-state index in [2.05, 4.69) is 27.3 Å². The Hall–Kier alpha value is -1.85. The molecule has 2 heterocycles. The first-order chi connectivity index (χ1) is 11.7. The third-order valence-electron chi connectivity index (χ3n) is 4.20. The van der Waals surface area contributed by atoms with Gasteiger partial charge >= 0.3 is 0 Å². The summed E-state index contributed by atoms with van der Waals surface area (Å²) < 4.78 is 5.81. The van der Waals surface area contributed by atoms with Gasteiger partial charge in [0, 0.05) is 25.2 Å². The molecule has 128 valence electrons. The molecule has 0 aliphatic carbocycles. The fourth-order valence-corrected chi connectivity index (χ4v) is 3.04. The van der Waals surface area contributed by atoms with E-state index in [4.69, 9.17) is 16.3 Å². The van der Waals surface area contributed by atoms with Gasteiger partial charge in [0.2, 0.25) is 0 Å². The molecular formula is C18H23ClN4O. The quantitative estimate of drug-likeness (QED) is 0.870. The zero-order valence-corrected chi connectivity index (χ0v) is 14.6. The van der Waals surface area contributed by atoms with Gasteiger partial charge in [0.1, 0.15) is 12.4 Å². The average Bonchev–Trinajstić information content (AvgIpc) is 2.62. The summed E-state index contributed by atoms with van der Waals surface area (Å²) in [5.74, 6) is 1.82. The van der Waals surface area contributed by atoms with Crippen molar-refractivity contribution >= 4 is 17.4 Å². The Morgan fingerprint density at radius 1 is 1.17 bits per heavy atom. The van der Waals surface area contributed by atoms with Gasteiger partial charge in [-0.3, -0.25) is 0 Å². The molecule has 0 amide bonds. The lowest BCUT2D eigenvalue weighted by Gasteiger charge is -2.34. The number of aromatic nitrogens is 2. The van der Waals surface area contributed by atoms with Crippen molar-refractivity contribution in [3.63, 3.8) is 0 Å². The third kappa shape index (κ3) is 4.82. The molecule has 2 aromatic rings. The van der Waals surface area contributed by atoms with Crippen molar-refractivity contribution in [2.75, 3.05) is 24.6 Å². The van der Waals surface area contributed by atoms with Crippen molar-refractivity contribution in [1.82, 2.24) is 15.5 Å². The third-order valence-corrected chi connectivity index (χ3v) is 4.40. The monoisotopic (exact) mass is 346 g/mol. The lowest BCUT2D eigenvalue weighted by atomic mass is 10.0. The predicted octanol–water partition coefficient (Wildman–Crippen LogP) is 3.16. The smallest absolute Gasteiger partial charge is 0.151 e. The van der Waals surface area contributed by atoms with E-state index >= 15 is 0 Å². The molecule has 1 fully saturated rings. The summed E-state index contributed by atoms with van der Waals surface area (Å²) in [6.07, 6.45) is 2.17. The lowest BCUT2D eigenvalue weighted by Crippen LogP contribution is -2.47. The SMILES string of the molecule is CC(COc1ccccc1)NC1CCN(c2ccc(Cl)nn2)CC1. The Labute approximate surface area is 148 Å². The van der Waals surface area contributed by atoms with Crippen molar-refractivity contribution < 1.29 is 4.74 Å². The fraction of sp³-hybridized carbons (Fsp3) is 0.444. The Balaban J connectivity index is 1.41. The summed E-state index contributed by atoms with van der Waals surface area (Å²) in [6, 6.07) is 14.5. The van der Waals surface area contributed by atoms with Crippen LogP contribution in [0.2, 0.25) is 5.15 Å². The van der Waals surface area contributed by atoms with Gasteiger partial charge in [0.05, 0.1) is 0 Å². The van der Waals surface area contributed by atoms with E-state index in [9.17, 15) is 0 Å². The van der Waals surface area contributed by atoms with Crippen molar-refractivity contribution in [1.29, 1.82) is 0 Å². The molecule has 0 radical (unpaired) electrons. The van der Waals surface area contributed by atoms with E-state index in [1.807, 2.05) is 36.4 Å². The first-order valence-corrected chi connectivity index (χ1v) is 8.76. The Morgan fingerprint density at radius 2 is 1.92 bits per heavy atom. The second kappa shape index (κ2) is 8.31. The molecule has 1 aliphatic heterocycles. The largest absolute Gasteiger partial charge is 0.492 e. The highest BCUT2D eigenvalue weighted by Gasteiger charge is 2.21. The number of anilines is 1. The predicted molar refractivity (Wildman–Crippen MR) is 96.8 cm³/mol. The average molecular weight is 347 g/mol. The molecule has 1 N–H and O–H groups in total. The summed E-state index contributed by atoms with van der Waals surface area (Å²) in [5, 5.41) is 12.2. The van der Waals surface area contributed by atoms with Gasteiger partial charge in [0.15, 0.2) is 11.0 Å². The fourth-order valence-electron chi connectivity index (χ4n) is 2.94. The normalized spacial score (nSPS) is 16.8. The molecule has 1 unspecified atom stereocenters. The molecule has 1 aromatic heterocycles. The van der Waals surface area contributed by atoms with Crippen LogP contribution in [-0.2, 0) is 0 Å². The van der Waals surface area contributed by atoms with E-state index < -0.39 is 0 Å². The maximum atomic E-state index is 5.81. The van der Waals surface area contributed by atoms with Crippen molar-refractivity contribution in [3.8, 4) is 5.75 Å². The molecule has 1 saturated heterocycles. The van der Waals surface area contributed by atoms with Crippen LogP contribution in [0, 0.1) is 0 Å². The van der Waals surface area contributed by atoms with Crippen LogP contribution in [0.15, 0.2) is 42.5 Å². The molecule has 3 rings (SSSR count). The zero-order valence-electron chi connectivity index (χ0n) is 13.9. The summed E-state index contributed by atoms with van der Waals surface area (Å²) in [6.45, 7) is 4.79. The molecule has 24 heavy (non-hydrogen) atoms. The number of nitrogens with zero attached hydrogens (tertiary/aromatic N) is 3. The highest BCUT2D eigenvalue weighted by atomic mass is 35.5. The highest BCUT2D eigenvalue weighted by molar-refractivity contribution is 6.29. The van der Waals surface area contributed by atoms with Gasteiger partial charge < -0.3 is 15.0 Å². The highest BCUT2D eigenvalue weighted by Crippen LogP contribution is 2.18. The number of nitrogens with one attached hydrogen (secondary N) is 1. The van der Waals surface area contributed by atoms with Gasteiger partial charge in [-0.1, -0.05) is 29.8 Å². The summed E-state index contributed by atoms with van der Waals surface area (Å²) in [5.41, 5.74) is 0. The minimum atomic E-state index is 0.317. The topological polar surface area (TPSA) is 50.3 Å². The number of rotatable bonds is 6. The number of ether oxygens (including phenoxy) is 1. The van der Waals surface area contributed by atoms with Crippen LogP contribution < -0.4 is 15.0 Å². The van der Waals surface area contributed by atoms with Crippen molar-refractivity contribution in [2.24, 2.45) is 0 Å². The first kappa shape index (κ1) is 17.0. The maximum absolute atomic E-state index is 5.81. The molecule has 5 nitrogen and oxygen atoms in total. The Kier molecular flexibility index (Phi) is 5.88. The molecule has 6 heteroatoms. The minimum absolute atomic E-state index is 0.317. The van der Waals surface area contributed by atoms with Crippen molar-refractivity contribution in [2.45, 2.75) is 31.8 Å². The van der Waals surface area contributed by atoms with E-state index in [0.29, 0.717) is 23.8 Å². The summed E-state index contributed by atoms with van der Waals surface area (Å²) >= 11 is 5.79. The molecule has 0 spiro atoms. The molecule has 1 aromatic carbocycles. The molecule has 1 aliphatic rings. The second-order valence-corrected chi connectivity index (χ2v) is 6.55. The van der Waals surface area contributed by atoms with Crippen LogP contribution in [0.5, 0.6) is 5.75 Å². The summed E-state index contributed by atoms with van der Waals surface area (Å²) in [7, 11) is 0. The minimum Gasteiger partial charge on any atom is -0.492 e. The van der Waals surface area contributed by atoms with Gasteiger partial charge in [0.25, 0.3) is 0 Å². The first-order valence-electron chi connectivity index (χ1n) is 8.39. The van der Waals surface area contributed by atoms with Crippen LogP contribution in [0.3, 0.4) is 0 Å². The number of piperidine rings is 1. The van der Waals surface area contributed by atoms with Crippen LogP contribution in [0.25, 0.3) is 0 Å². The standard InChI is InChI=1S/C18H23ClN4O/c1-14(13-24-16-5-3-2-4-6-16)20-15-9-11-23(12-10-15)18-8-7-17(19)21-22-18/h2-8,14-15,20H,9-13H2,1H3. The van der Waals surface area contributed by atoms with Gasteiger partial charge in [-0.2, -0.15) is 0 Å². The number of para-hydroxylation sites is 1. The van der Waals surface area contributed by atoms with E-state index in [1.54, 1.807) is 6.07 Å². The number of benzene rings is 1. The Morgan fingerprint density at radius 3 is 2.58 bits per heavy atom. The van der Waals surface area contributed by atoms with Gasteiger partial charge in [-0.15, -0.1) is 10.2 Å². The second-order valence-electron chi connectivity index (χ2n) is 6.17. The van der Waals surface area contributed by atoms with E-state index in [0.717, 1.165) is 37.5 Å². The van der Waals surface area contributed by atoms with Gasteiger partial charge in [-0.05, 0) is 44.0 Å². The summed E-state index contributed by atoms with van der Waals surface area (Å²) in [4.78, 5) is 2.26. The van der Waals surface area contributed by atoms with Gasteiger partial charge in [-0.25, -0.2) is 0 Å².